The van der Waals surface area contributed by atoms with Crippen LogP contribution in [0.2, 0.25) is 0 Å². The lowest BCUT2D eigenvalue weighted by atomic mass is 10.1. The normalized spacial score (nSPS) is 14.6. The summed E-state index contributed by atoms with van der Waals surface area (Å²) in [5, 5.41) is 22.2. The minimum atomic E-state index is -0.794. The molecule has 1 aliphatic heterocycles. The molecule has 2 heterocycles. The van der Waals surface area contributed by atoms with E-state index in [0.29, 0.717) is 11.5 Å². The van der Waals surface area contributed by atoms with Crippen molar-refractivity contribution >= 4 is 16.6 Å². The van der Waals surface area contributed by atoms with Gasteiger partial charge in [0, 0.05) is 29.9 Å². The van der Waals surface area contributed by atoms with Crippen LogP contribution in [0.15, 0.2) is 24.4 Å². The number of nitrogens with one attached hydrogen (secondary N) is 1. The molecule has 1 atom stereocenters. The molecule has 1 aromatic heterocycles. The molecular formula is C13H14N2O4. The predicted molar refractivity (Wildman–Crippen MR) is 69.4 cm³/mol. The molecule has 0 saturated carbocycles. The maximum Gasteiger partial charge on any atom is 0.231 e. The van der Waals surface area contributed by atoms with E-state index in [0.717, 1.165) is 16.6 Å². The Kier molecular flexibility index (Phi) is 3.10. The molecule has 3 rings (SSSR count). The van der Waals surface area contributed by atoms with Crippen LogP contribution in [-0.4, -0.2) is 41.2 Å². The van der Waals surface area contributed by atoms with Crippen molar-refractivity contribution < 1.29 is 19.7 Å². The van der Waals surface area contributed by atoms with Crippen LogP contribution in [0.4, 0.5) is 5.69 Å². The zero-order valence-electron chi connectivity index (χ0n) is 10.2. The summed E-state index contributed by atoms with van der Waals surface area (Å²) in [6, 6.07) is 5.50. The molecule has 0 saturated heterocycles. The fraction of sp³-hybridized carbons (Fsp3) is 0.308. The molecule has 3 N–H and O–H groups in total. The highest BCUT2D eigenvalue weighted by Gasteiger charge is 2.16. The molecular weight excluding hydrogens is 248 g/mol. The van der Waals surface area contributed by atoms with E-state index in [2.05, 4.69) is 10.3 Å². The third-order valence-corrected chi connectivity index (χ3v) is 2.97. The summed E-state index contributed by atoms with van der Waals surface area (Å²) < 4.78 is 10.6. The highest BCUT2D eigenvalue weighted by Crippen LogP contribution is 2.37. The number of pyridine rings is 1. The third-order valence-electron chi connectivity index (χ3n) is 2.97. The van der Waals surface area contributed by atoms with Crippen LogP contribution in [0.5, 0.6) is 11.5 Å². The van der Waals surface area contributed by atoms with Crippen LogP contribution in [-0.2, 0) is 0 Å². The minimum absolute atomic E-state index is 0.220. The summed E-state index contributed by atoms with van der Waals surface area (Å²) in [4.78, 5) is 4.28. The number of nitrogens with zero attached hydrogens (tertiary/aromatic N) is 1. The Bertz CT molecular complexity index is 602. The highest BCUT2D eigenvalue weighted by molar-refractivity contribution is 5.93. The molecule has 0 radical (unpaired) electrons. The largest absolute Gasteiger partial charge is 0.454 e. The summed E-state index contributed by atoms with van der Waals surface area (Å²) in [7, 11) is 0. The molecule has 19 heavy (non-hydrogen) atoms. The molecule has 6 nitrogen and oxygen atoms in total. The number of aliphatic hydroxyl groups excluding tert-OH is 2. The fourth-order valence-electron chi connectivity index (χ4n) is 1.98. The SMILES string of the molecule is OC[C@H](O)CNc1ccnc2cc3c(cc12)OCO3. The summed E-state index contributed by atoms with van der Waals surface area (Å²) in [5.41, 5.74) is 1.61. The van der Waals surface area contributed by atoms with Crippen molar-refractivity contribution in [3.05, 3.63) is 24.4 Å². The number of anilines is 1. The molecule has 0 amide bonds. The minimum Gasteiger partial charge on any atom is -0.454 e. The van der Waals surface area contributed by atoms with Crippen molar-refractivity contribution in [2.75, 3.05) is 25.3 Å². The van der Waals surface area contributed by atoms with Crippen LogP contribution in [0, 0.1) is 0 Å². The van der Waals surface area contributed by atoms with E-state index in [4.69, 9.17) is 14.6 Å². The molecule has 0 aliphatic carbocycles. The van der Waals surface area contributed by atoms with Crippen LogP contribution in [0.25, 0.3) is 10.9 Å². The molecule has 0 spiro atoms. The van der Waals surface area contributed by atoms with Crippen LogP contribution in [0.1, 0.15) is 0 Å². The van der Waals surface area contributed by atoms with E-state index in [1.54, 1.807) is 6.20 Å². The van der Waals surface area contributed by atoms with Crippen LogP contribution >= 0.6 is 0 Å². The first kappa shape index (κ1) is 12.0. The standard InChI is InChI=1S/C13H14N2O4/c16-6-8(17)5-15-10-1-2-14-11-4-13-12(3-9(10)11)18-7-19-13/h1-4,8,16-17H,5-7H2,(H,14,15)/t8-/m1/s1. The maximum absolute atomic E-state index is 9.37. The van der Waals surface area contributed by atoms with Gasteiger partial charge in [-0.15, -0.1) is 0 Å². The Balaban J connectivity index is 1.96. The number of ether oxygens (including phenoxy) is 2. The fourth-order valence-corrected chi connectivity index (χ4v) is 1.98. The smallest absolute Gasteiger partial charge is 0.231 e. The van der Waals surface area contributed by atoms with Gasteiger partial charge in [0.2, 0.25) is 6.79 Å². The molecule has 100 valence electrons. The summed E-state index contributed by atoms with van der Waals surface area (Å²) in [6.07, 6.45) is 0.885. The second-order valence-electron chi connectivity index (χ2n) is 4.30. The summed E-state index contributed by atoms with van der Waals surface area (Å²) in [5.74, 6) is 1.37. The Labute approximate surface area is 109 Å². The highest BCUT2D eigenvalue weighted by atomic mass is 16.7. The van der Waals surface area contributed by atoms with Crippen molar-refractivity contribution in [2.24, 2.45) is 0 Å². The van der Waals surface area contributed by atoms with Crippen molar-refractivity contribution in [2.45, 2.75) is 6.10 Å². The van der Waals surface area contributed by atoms with E-state index in [1.165, 1.54) is 0 Å². The van der Waals surface area contributed by atoms with Gasteiger partial charge in [0.25, 0.3) is 0 Å². The van der Waals surface area contributed by atoms with Gasteiger partial charge in [-0.25, -0.2) is 0 Å². The lowest BCUT2D eigenvalue weighted by Crippen LogP contribution is -2.23. The average molecular weight is 262 g/mol. The Morgan fingerprint density at radius 1 is 1.32 bits per heavy atom. The van der Waals surface area contributed by atoms with Crippen LogP contribution in [0.3, 0.4) is 0 Å². The molecule has 0 bridgehead atoms. The van der Waals surface area contributed by atoms with Gasteiger partial charge in [-0.1, -0.05) is 0 Å². The van der Waals surface area contributed by atoms with Gasteiger partial charge < -0.3 is 25.0 Å². The first-order chi connectivity index (χ1) is 9.28. The molecule has 0 fully saturated rings. The monoisotopic (exact) mass is 262 g/mol. The number of hydrogen-bond donors (Lipinski definition) is 3. The number of fused-ring (bicyclic) bond motifs is 2. The molecule has 1 aromatic carbocycles. The first-order valence-corrected chi connectivity index (χ1v) is 5.99. The summed E-state index contributed by atoms with van der Waals surface area (Å²) in [6.45, 7) is 0.212. The van der Waals surface area contributed by atoms with Crippen molar-refractivity contribution in [1.82, 2.24) is 4.98 Å². The van der Waals surface area contributed by atoms with E-state index in [1.807, 2.05) is 18.2 Å². The number of benzene rings is 1. The molecule has 0 unspecified atom stereocenters. The third kappa shape index (κ3) is 2.27. The Morgan fingerprint density at radius 2 is 2.11 bits per heavy atom. The topological polar surface area (TPSA) is 83.8 Å². The van der Waals surface area contributed by atoms with Crippen molar-refractivity contribution in [3.8, 4) is 11.5 Å². The summed E-state index contributed by atoms with van der Waals surface area (Å²) >= 11 is 0. The van der Waals surface area contributed by atoms with Crippen molar-refractivity contribution in [3.63, 3.8) is 0 Å². The Hall–Kier alpha value is -2.05. The second-order valence-corrected chi connectivity index (χ2v) is 4.30. The van der Waals surface area contributed by atoms with E-state index >= 15 is 0 Å². The maximum atomic E-state index is 9.37. The van der Waals surface area contributed by atoms with Gasteiger partial charge in [-0.05, 0) is 12.1 Å². The van der Waals surface area contributed by atoms with E-state index in [-0.39, 0.29) is 19.9 Å². The molecule has 2 aromatic rings. The van der Waals surface area contributed by atoms with Gasteiger partial charge in [-0.3, -0.25) is 4.98 Å². The number of aliphatic hydroxyl groups is 2. The van der Waals surface area contributed by atoms with Gasteiger partial charge in [0.15, 0.2) is 11.5 Å². The molecule has 1 aliphatic rings. The number of hydrogen-bond acceptors (Lipinski definition) is 6. The van der Waals surface area contributed by atoms with Crippen molar-refractivity contribution in [1.29, 1.82) is 0 Å². The predicted octanol–water partition coefficient (Wildman–Crippen LogP) is 0.729. The number of aromatic nitrogens is 1. The van der Waals surface area contributed by atoms with Crippen LogP contribution < -0.4 is 14.8 Å². The number of rotatable bonds is 4. The van der Waals surface area contributed by atoms with Gasteiger partial charge in [0.1, 0.15) is 0 Å². The van der Waals surface area contributed by atoms with E-state index < -0.39 is 6.10 Å². The average Bonchev–Trinajstić information content (AvgIpc) is 2.89. The lowest BCUT2D eigenvalue weighted by Gasteiger charge is -2.12. The van der Waals surface area contributed by atoms with Gasteiger partial charge in [0.05, 0.1) is 18.2 Å². The lowest BCUT2D eigenvalue weighted by molar-refractivity contribution is 0.105. The zero-order chi connectivity index (χ0) is 13.2. The first-order valence-electron chi connectivity index (χ1n) is 5.99. The quantitative estimate of drug-likeness (QED) is 0.753. The second kappa shape index (κ2) is 4.91. The van der Waals surface area contributed by atoms with Gasteiger partial charge >= 0.3 is 0 Å². The zero-order valence-corrected chi connectivity index (χ0v) is 10.2. The Morgan fingerprint density at radius 3 is 2.89 bits per heavy atom. The molecule has 6 heteroatoms. The van der Waals surface area contributed by atoms with E-state index in [9.17, 15) is 5.11 Å². The van der Waals surface area contributed by atoms with Gasteiger partial charge in [-0.2, -0.15) is 0 Å².